The SMILES string of the molecule is [NH3+][C@@H](Cc1ccccc1)C(=O)C[C@@H](CB(O)O)Cc1ccccc1. The fraction of sp³-hybridized carbons (Fsp3) is 0.316. The third-order valence-corrected chi connectivity index (χ3v) is 4.18. The monoisotopic (exact) mass is 326 g/mol. The Balaban J connectivity index is 1.95. The molecule has 2 aromatic carbocycles. The van der Waals surface area contributed by atoms with Crippen molar-refractivity contribution in [3.05, 3.63) is 71.8 Å². The van der Waals surface area contributed by atoms with E-state index in [1.165, 1.54) is 0 Å². The number of carbonyl (C=O) groups excluding carboxylic acids is 1. The molecule has 0 spiro atoms. The van der Waals surface area contributed by atoms with Crippen LogP contribution in [0, 0.1) is 5.92 Å². The van der Waals surface area contributed by atoms with Gasteiger partial charge < -0.3 is 15.8 Å². The maximum atomic E-state index is 12.5. The predicted octanol–water partition coefficient (Wildman–Crippen LogP) is 1.13. The van der Waals surface area contributed by atoms with E-state index in [4.69, 9.17) is 0 Å². The van der Waals surface area contributed by atoms with Crippen LogP contribution in [-0.4, -0.2) is 29.0 Å². The zero-order valence-corrected chi connectivity index (χ0v) is 13.8. The van der Waals surface area contributed by atoms with Crippen molar-refractivity contribution in [2.45, 2.75) is 31.6 Å². The molecule has 5 heteroatoms. The first-order valence-electron chi connectivity index (χ1n) is 8.34. The summed E-state index contributed by atoms with van der Waals surface area (Å²) < 4.78 is 0. The summed E-state index contributed by atoms with van der Waals surface area (Å²) in [6.45, 7) is 0. The maximum Gasteiger partial charge on any atom is 0.451 e. The Kier molecular flexibility index (Phi) is 7.19. The maximum absolute atomic E-state index is 12.5. The van der Waals surface area contributed by atoms with E-state index in [0.717, 1.165) is 11.1 Å². The van der Waals surface area contributed by atoms with Gasteiger partial charge in [-0.05, 0) is 29.8 Å². The number of hydrogen-bond acceptors (Lipinski definition) is 3. The summed E-state index contributed by atoms with van der Waals surface area (Å²) in [5.74, 6) is -0.0274. The Hall–Kier alpha value is -1.95. The average molecular weight is 326 g/mol. The molecule has 126 valence electrons. The Bertz CT molecular complexity index is 619. The van der Waals surface area contributed by atoms with Crippen LogP contribution in [0.2, 0.25) is 6.32 Å². The lowest BCUT2D eigenvalue weighted by Gasteiger charge is -2.17. The first-order valence-corrected chi connectivity index (χ1v) is 8.34. The van der Waals surface area contributed by atoms with E-state index in [0.29, 0.717) is 19.3 Å². The molecule has 2 aromatic rings. The molecule has 0 radical (unpaired) electrons. The van der Waals surface area contributed by atoms with E-state index in [2.05, 4.69) is 5.73 Å². The van der Waals surface area contributed by atoms with Crippen LogP contribution in [0.3, 0.4) is 0 Å². The van der Waals surface area contributed by atoms with Crippen LogP contribution < -0.4 is 5.73 Å². The Labute approximate surface area is 143 Å². The number of benzene rings is 2. The van der Waals surface area contributed by atoms with E-state index in [1.54, 1.807) is 0 Å². The highest BCUT2D eigenvalue weighted by Gasteiger charge is 2.25. The van der Waals surface area contributed by atoms with Gasteiger partial charge in [0.25, 0.3) is 0 Å². The molecule has 4 nitrogen and oxygen atoms in total. The van der Waals surface area contributed by atoms with Crippen LogP contribution in [0.25, 0.3) is 0 Å². The normalized spacial score (nSPS) is 13.3. The molecule has 0 amide bonds. The molecule has 2 rings (SSSR count). The Morgan fingerprint density at radius 1 is 0.917 bits per heavy atom. The highest BCUT2D eigenvalue weighted by Crippen LogP contribution is 2.19. The second kappa shape index (κ2) is 9.37. The van der Waals surface area contributed by atoms with Crippen molar-refractivity contribution in [2.75, 3.05) is 0 Å². The van der Waals surface area contributed by atoms with Crippen molar-refractivity contribution in [3.8, 4) is 0 Å². The van der Waals surface area contributed by atoms with Crippen LogP contribution in [0.5, 0.6) is 0 Å². The van der Waals surface area contributed by atoms with E-state index in [1.807, 2.05) is 60.7 Å². The summed E-state index contributed by atoms with van der Waals surface area (Å²) in [6, 6.07) is 19.3. The van der Waals surface area contributed by atoms with Gasteiger partial charge in [-0.1, -0.05) is 60.7 Å². The number of hydrogen-bond donors (Lipinski definition) is 3. The van der Waals surface area contributed by atoms with Gasteiger partial charge in [0, 0.05) is 12.8 Å². The molecule has 0 aliphatic heterocycles. The molecule has 24 heavy (non-hydrogen) atoms. The molecule has 0 saturated carbocycles. The fourth-order valence-corrected chi connectivity index (χ4v) is 2.95. The van der Waals surface area contributed by atoms with Gasteiger partial charge in [-0.25, -0.2) is 0 Å². The zero-order valence-electron chi connectivity index (χ0n) is 13.8. The average Bonchev–Trinajstić information content (AvgIpc) is 2.56. The molecule has 0 heterocycles. The molecule has 5 N–H and O–H groups in total. The first-order chi connectivity index (χ1) is 11.5. The lowest BCUT2D eigenvalue weighted by atomic mass is 9.74. The number of quaternary nitrogens is 1. The molecule has 0 aliphatic carbocycles. The second-order valence-corrected chi connectivity index (χ2v) is 6.33. The highest BCUT2D eigenvalue weighted by molar-refractivity contribution is 6.41. The van der Waals surface area contributed by atoms with Crippen LogP contribution in [0.4, 0.5) is 0 Å². The summed E-state index contributed by atoms with van der Waals surface area (Å²) in [5, 5.41) is 18.6. The molecule has 0 bridgehead atoms. The quantitative estimate of drug-likeness (QED) is 0.604. The van der Waals surface area contributed by atoms with Gasteiger partial charge in [-0.3, -0.25) is 4.79 Å². The molecule has 0 saturated heterocycles. The second-order valence-electron chi connectivity index (χ2n) is 6.33. The Morgan fingerprint density at radius 2 is 1.42 bits per heavy atom. The van der Waals surface area contributed by atoms with Gasteiger partial charge in [0.15, 0.2) is 5.78 Å². The van der Waals surface area contributed by atoms with Gasteiger partial charge in [-0.2, -0.15) is 0 Å². The minimum absolute atomic E-state index is 0.0698. The van der Waals surface area contributed by atoms with Crippen molar-refractivity contribution in [2.24, 2.45) is 5.92 Å². The van der Waals surface area contributed by atoms with Crippen LogP contribution in [-0.2, 0) is 17.6 Å². The lowest BCUT2D eigenvalue weighted by molar-refractivity contribution is -0.402. The third-order valence-electron chi connectivity index (χ3n) is 4.18. The van der Waals surface area contributed by atoms with E-state index >= 15 is 0 Å². The fourth-order valence-electron chi connectivity index (χ4n) is 2.95. The smallest absolute Gasteiger partial charge is 0.427 e. The molecule has 0 aromatic heterocycles. The number of Topliss-reactive ketones (excluding diaryl/α,β-unsaturated/α-hetero) is 1. The molecule has 2 atom stereocenters. The minimum Gasteiger partial charge on any atom is -0.427 e. The molecule has 0 unspecified atom stereocenters. The highest BCUT2D eigenvalue weighted by atomic mass is 16.4. The molecular weight excluding hydrogens is 301 g/mol. The van der Waals surface area contributed by atoms with E-state index in [9.17, 15) is 14.8 Å². The predicted molar refractivity (Wildman–Crippen MR) is 95.1 cm³/mol. The largest absolute Gasteiger partial charge is 0.451 e. The van der Waals surface area contributed by atoms with Crippen molar-refractivity contribution in [3.63, 3.8) is 0 Å². The molecular formula is C19H25BNO3+. The summed E-state index contributed by atoms with van der Waals surface area (Å²) >= 11 is 0. The minimum atomic E-state index is -1.40. The molecule has 0 aliphatic rings. The number of ketones is 1. The van der Waals surface area contributed by atoms with Gasteiger partial charge >= 0.3 is 7.12 Å². The van der Waals surface area contributed by atoms with Crippen LogP contribution in [0.15, 0.2) is 60.7 Å². The zero-order chi connectivity index (χ0) is 17.4. The molecule has 0 fully saturated rings. The van der Waals surface area contributed by atoms with Gasteiger partial charge in [0.2, 0.25) is 0 Å². The third kappa shape index (κ3) is 6.28. The summed E-state index contributed by atoms with van der Waals surface area (Å²) in [7, 11) is -1.40. The van der Waals surface area contributed by atoms with E-state index < -0.39 is 7.12 Å². The summed E-state index contributed by atoms with van der Waals surface area (Å²) in [5.41, 5.74) is 6.19. The van der Waals surface area contributed by atoms with Gasteiger partial charge in [0.05, 0.1) is 0 Å². The van der Waals surface area contributed by atoms with Crippen molar-refractivity contribution in [1.82, 2.24) is 0 Å². The number of carbonyl (C=O) groups is 1. The standard InChI is InChI=1S/C19H24BNO3/c21-18(12-16-9-5-2-6-10-16)19(22)13-17(14-20(23)24)11-15-7-3-1-4-8-15/h1-10,17-18,23-24H,11-14,21H2/p+1/t17-,18-/m0/s1. The number of rotatable bonds is 9. The van der Waals surface area contributed by atoms with Crippen molar-refractivity contribution >= 4 is 12.9 Å². The summed E-state index contributed by atoms with van der Waals surface area (Å²) in [6.07, 6.45) is 1.77. The lowest BCUT2D eigenvalue weighted by Crippen LogP contribution is -2.66. The Morgan fingerprint density at radius 3 is 1.92 bits per heavy atom. The van der Waals surface area contributed by atoms with Gasteiger partial charge in [0.1, 0.15) is 6.04 Å². The topological polar surface area (TPSA) is 85.2 Å². The summed E-state index contributed by atoms with van der Waals surface area (Å²) in [4.78, 5) is 12.5. The first kappa shape index (κ1) is 18.4. The van der Waals surface area contributed by atoms with Gasteiger partial charge in [-0.15, -0.1) is 0 Å². The van der Waals surface area contributed by atoms with Crippen molar-refractivity contribution < 1.29 is 20.6 Å². The van der Waals surface area contributed by atoms with Crippen LogP contribution >= 0.6 is 0 Å². The van der Waals surface area contributed by atoms with E-state index in [-0.39, 0.29) is 24.1 Å². The van der Waals surface area contributed by atoms with Crippen molar-refractivity contribution in [1.29, 1.82) is 0 Å². The van der Waals surface area contributed by atoms with Crippen LogP contribution in [0.1, 0.15) is 17.5 Å².